The van der Waals surface area contributed by atoms with Gasteiger partial charge in [0.2, 0.25) is 5.82 Å². The normalized spacial score (nSPS) is 13.7. The minimum Gasteiger partial charge on any atom is -0.218 e. The number of nitrogens with zero attached hydrogens (tertiary/aromatic N) is 1. The van der Waals surface area contributed by atoms with Gasteiger partial charge in [0.1, 0.15) is 5.92 Å². The lowest BCUT2D eigenvalue weighted by Crippen LogP contribution is -2.52. The Balaban J connectivity index is 3.04. The third-order valence-corrected chi connectivity index (χ3v) is 4.37. The summed E-state index contributed by atoms with van der Waals surface area (Å²) in [5.74, 6) is -32.5. The Bertz CT molecular complexity index is 1130. The van der Waals surface area contributed by atoms with Gasteiger partial charge >= 0.3 is 18.0 Å². The molecule has 0 heterocycles. The lowest BCUT2D eigenvalue weighted by atomic mass is 9.86. The van der Waals surface area contributed by atoms with Crippen molar-refractivity contribution in [3.63, 3.8) is 0 Å². The molecule has 2 aromatic rings. The van der Waals surface area contributed by atoms with E-state index in [0.717, 1.165) is 0 Å². The van der Waals surface area contributed by atoms with Crippen molar-refractivity contribution in [1.29, 1.82) is 5.26 Å². The Morgan fingerprint density at radius 3 is 1.00 bits per heavy atom. The van der Waals surface area contributed by atoms with Crippen LogP contribution in [0.2, 0.25) is 0 Å². The summed E-state index contributed by atoms with van der Waals surface area (Å²) in [6, 6.07) is 0.458. The highest BCUT2D eigenvalue weighted by Crippen LogP contribution is 2.55. The van der Waals surface area contributed by atoms with Crippen molar-refractivity contribution in [2.45, 2.75) is 23.9 Å². The van der Waals surface area contributed by atoms with Gasteiger partial charge in [0.15, 0.2) is 46.5 Å². The van der Waals surface area contributed by atoms with Crippen LogP contribution < -0.4 is 0 Å². The fourth-order valence-corrected chi connectivity index (χ4v) is 2.80. The molecule has 0 aliphatic carbocycles. The standard InChI is InChI=1S/C17HF16N/c18-6-3(2(1-34)4-8(20)12(24)14(26)13(25)9(4)21)7(19)11(23)5(10(6)22)15(27,16(28,29)30)17(31,32)33/h2H. The largest absolute Gasteiger partial charge is 0.436 e. The van der Waals surface area contributed by atoms with E-state index < -0.39 is 93.0 Å². The van der Waals surface area contributed by atoms with Crippen molar-refractivity contribution in [1.82, 2.24) is 0 Å². The summed E-state index contributed by atoms with van der Waals surface area (Å²) in [6.07, 6.45) is -14.6. The Morgan fingerprint density at radius 1 is 0.471 bits per heavy atom. The highest BCUT2D eigenvalue weighted by molar-refractivity contribution is 5.45. The molecule has 1 nitrogen and oxygen atoms in total. The molecule has 0 N–H and O–H groups in total. The SMILES string of the molecule is N#CC(c1c(F)c(F)c(F)c(F)c1F)c1c(F)c(F)c(C(F)(C(F)(F)F)C(F)(F)F)c(F)c1F. The second-order valence-electron chi connectivity index (χ2n) is 6.24. The van der Waals surface area contributed by atoms with E-state index in [-0.39, 0.29) is 0 Å². The molecular formula is C17HF16N. The van der Waals surface area contributed by atoms with E-state index in [1.54, 1.807) is 0 Å². The molecule has 0 saturated carbocycles. The maximum absolute atomic E-state index is 14.3. The van der Waals surface area contributed by atoms with Crippen LogP contribution in [0.25, 0.3) is 0 Å². The maximum atomic E-state index is 14.3. The number of alkyl halides is 7. The summed E-state index contributed by atoms with van der Waals surface area (Å²) in [5.41, 5.74) is -16.2. The van der Waals surface area contributed by atoms with Gasteiger partial charge < -0.3 is 0 Å². The van der Waals surface area contributed by atoms with Gasteiger partial charge in [0.05, 0.1) is 22.8 Å². The zero-order valence-electron chi connectivity index (χ0n) is 15.1. The van der Waals surface area contributed by atoms with Gasteiger partial charge in [-0.3, -0.25) is 0 Å². The molecule has 0 bridgehead atoms. The van der Waals surface area contributed by atoms with Gasteiger partial charge in [-0.15, -0.1) is 0 Å². The minimum atomic E-state index is -7.29. The average Bonchev–Trinajstić information content (AvgIpc) is 2.72. The predicted octanol–water partition coefficient (Wildman–Crippen LogP) is 6.88. The van der Waals surface area contributed by atoms with Gasteiger partial charge in [-0.25, -0.2) is 43.9 Å². The van der Waals surface area contributed by atoms with Gasteiger partial charge in [0, 0.05) is 0 Å². The van der Waals surface area contributed by atoms with E-state index in [2.05, 4.69) is 0 Å². The van der Waals surface area contributed by atoms with Crippen molar-refractivity contribution >= 4 is 0 Å². The topological polar surface area (TPSA) is 23.8 Å². The highest BCUT2D eigenvalue weighted by atomic mass is 19.4. The molecule has 17 heteroatoms. The van der Waals surface area contributed by atoms with Crippen LogP contribution in [0, 0.1) is 63.7 Å². The molecule has 1 atom stereocenters. The Labute approximate surface area is 175 Å². The van der Waals surface area contributed by atoms with E-state index in [1.807, 2.05) is 0 Å². The zero-order valence-corrected chi connectivity index (χ0v) is 15.1. The second kappa shape index (κ2) is 8.24. The van der Waals surface area contributed by atoms with Crippen LogP contribution in [0.15, 0.2) is 0 Å². The van der Waals surface area contributed by atoms with Crippen molar-refractivity contribution in [3.05, 3.63) is 69.0 Å². The third kappa shape index (κ3) is 3.59. The van der Waals surface area contributed by atoms with E-state index in [4.69, 9.17) is 5.26 Å². The van der Waals surface area contributed by atoms with Gasteiger partial charge in [-0.2, -0.15) is 31.6 Å². The number of hydrogen-bond donors (Lipinski definition) is 0. The molecule has 0 amide bonds. The van der Waals surface area contributed by atoms with E-state index in [1.165, 1.54) is 0 Å². The predicted molar refractivity (Wildman–Crippen MR) is 74.9 cm³/mol. The van der Waals surface area contributed by atoms with Gasteiger partial charge in [-0.05, 0) is 0 Å². The van der Waals surface area contributed by atoms with Crippen molar-refractivity contribution in [2.75, 3.05) is 0 Å². The maximum Gasteiger partial charge on any atom is 0.436 e. The summed E-state index contributed by atoms with van der Waals surface area (Å²) in [5, 5.41) is 8.92. The monoisotopic (exact) mass is 523 g/mol. The summed E-state index contributed by atoms with van der Waals surface area (Å²) in [4.78, 5) is 0. The second-order valence-corrected chi connectivity index (χ2v) is 6.24. The van der Waals surface area contributed by atoms with Crippen LogP contribution in [0.4, 0.5) is 70.2 Å². The molecule has 0 aliphatic rings. The van der Waals surface area contributed by atoms with Crippen LogP contribution in [-0.4, -0.2) is 12.4 Å². The first-order valence-corrected chi connectivity index (χ1v) is 7.86. The molecule has 0 aliphatic heterocycles. The molecule has 0 spiro atoms. The molecule has 0 aromatic heterocycles. The molecule has 34 heavy (non-hydrogen) atoms. The fourth-order valence-electron chi connectivity index (χ4n) is 2.80. The molecule has 2 rings (SSSR count). The van der Waals surface area contributed by atoms with Crippen LogP contribution in [-0.2, 0) is 5.67 Å². The summed E-state index contributed by atoms with van der Waals surface area (Å²) in [7, 11) is 0. The number of nitriles is 1. The summed E-state index contributed by atoms with van der Waals surface area (Å²) >= 11 is 0. The zero-order chi connectivity index (χ0) is 26.7. The Hall–Kier alpha value is -3.19. The van der Waals surface area contributed by atoms with E-state index >= 15 is 0 Å². The summed E-state index contributed by atoms with van der Waals surface area (Å²) in [6.45, 7) is 0. The lowest BCUT2D eigenvalue weighted by molar-refractivity contribution is -0.350. The molecular weight excluding hydrogens is 522 g/mol. The lowest BCUT2D eigenvalue weighted by Gasteiger charge is -2.31. The Morgan fingerprint density at radius 2 is 0.735 bits per heavy atom. The van der Waals surface area contributed by atoms with Gasteiger partial charge in [0.25, 0.3) is 0 Å². The van der Waals surface area contributed by atoms with E-state index in [0.29, 0.717) is 6.07 Å². The molecule has 0 saturated heterocycles. The number of rotatable bonds is 3. The first-order chi connectivity index (χ1) is 15.3. The van der Waals surface area contributed by atoms with Crippen LogP contribution in [0.5, 0.6) is 0 Å². The smallest absolute Gasteiger partial charge is 0.218 e. The molecule has 1 unspecified atom stereocenters. The quantitative estimate of drug-likeness (QED) is 0.245. The van der Waals surface area contributed by atoms with Crippen LogP contribution in [0.3, 0.4) is 0 Å². The average molecular weight is 523 g/mol. The molecule has 0 radical (unpaired) electrons. The summed E-state index contributed by atoms with van der Waals surface area (Å²) < 4.78 is 215. The van der Waals surface area contributed by atoms with Gasteiger partial charge in [-0.1, -0.05) is 0 Å². The number of benzene rings is 2. The van der Waals surface area contributed by atoms with Crippen LogP contribution in [0.1, 0.15) is 22.6 Å². The van der Waals surface area contributed by atoms with Crippen molar-refractivity contribution in [2.24, 2.45) is 0 Å². The fraction of sp³-hybridized carbons (Fsp3) is 0.235. The van der Waals surface area contributed by atoms with E-state index in [9.17, 15) is 70.2 Å². The number of halogens is 16. The Kier molecular flexibility index (Phi) is 6.55. The highest BCUT2D eigenvalue weighted by Gasteiger charge is 2.76. The van der Waals surface area contributed by atoms with Crippen LogP contribution >= 0.6 is 0 Å². The van der Waals surface area contributed by atoms with Crippen molar-refractivity contribution in [3.8, 4) is 6.07 Å². The minimum absolute atomic E-state index is 0.458. The van der Waals surface area contributed by atoms with Crippen molar-refractivity contribution < 1.29 is 70.2 Å². The molecule has 0 fully saturated rings. The first kappa shape index (κ1) is 27.1. The first-order valence-electron chi connectivity index (χ1n) is 7.86. The molecule has 2 aromatic carbocycles. The molecule has 186 valence electrons. The number of hydrogen-bond acceptors (Lipinski definition) is 1. The third-order valence-electron chi connectivity index (χ3n) is 4.37.